The lowest BCUT2D eigenvalue weighted by Gasteiger charge is -2.23. The number of ether oxygens (including phenoxy) is 2. The maximum Gasteiger partial charge on any atom is 0.184 e. The summed E-state index contributed by atoms with van der Waals surface area (Å²) >= 11 is 0. The molecule has 0 N–H and O–H groups in total. The van der Waals surface area contributed by atoms with Crippen LogP contribution in [0.4, 0.5) is 0 Å². The highest BCUT2D eigenvalue weighted by Gasteiger charge is 2.44. The summed E-state index contributed by atoms with van der Waals surface area (Å²) in [5, 5.41) is 0. The largest absolute Gasteiger partial charge is 0.346 e. The first-order chi connectivity index (χ1) is 32.4. The van der Waals surface area contributed by atoms with Crippen molar-refractivity contribution in [2.24, 2.45) is 0 Å². The molecule has 0 bridgehead atoms. The van der Waals surface area contributed by atoms with Crippen LogP contribution in [0, 0.1) is 13.8 Å². The van der Waals surface area contributed by atoms with Gasteiger partial charge in [0.25, 0.3) is 0 Å². The summed E-state index contributed by atoms with van der Waals surface area (Å²) in [5.41, 5.74) is 11.6. The van der Waals surface area contributed by atoms with Gasteiger partial charge in [-0.15, -0.1) is 0 Å². The van der Waals surface area contributed by atoms with Gasteiger partial charge in [-0.3, -0.25) is 14.4 Å². The molecule has 340 valence electrons. The van der Waals surface area contributed by atoms with Crippen LogP contribution in [0.3, 0.4) is 0 Å². The topological polar surface area (TPSA) is 69.7 Å². The highest BCUT2D eigenvalue weighted by molar-refractivity contribution is 6.10. The fourth-order valence-corrected chi connectivity index (χ4v) is 9.88. The van der Waals surface area contributed by atoms with Gasteiger partial charge in [-0.25, -0.2) is 0 Å². The van der Waals surface area contributed by atoms with Gasteiger partial charge in [0.05, 0.1) is 29.5 Å². The lowest BCUT2D eigenvalue weighted by molar-refractivity contribution is -0.119. The van der Waals surface area contributed by atoms with Crippen molar-refractivity contribution in [3.05, 3.63) is 231 Å². The van der Waals surface area contributed by atoms with Crippen molar-refractivity contribution < 1.29 is 23.9 Å². The molecular formula is C62H62O5. The molecule has 3 atom stereocenters. The van der Waals surface area contributed by atoms with E-state index in [9.17, 15) is 14.4 Å². The predicted molar refractivity (Wildman–Crippen MR) is 271 cm³/mol. The van der Waals surface area contributed by atoms with Gasteiger partial charge in [0.2, 0.25) is 0 Å². The summed E-state index contributed by atoms with van der Waals surface area (Å²) in [5.74, 6) is 0.772. The van der Waals surface area contributed by atoms with Crippen LogP contribution in [0.2, 0.25) is 0 Å². The van der Waals surface area contributed by atoms with E-state index in [1.165, 1.54) is 11.1 Å². The monoisotopic (exact) mass is 886 g/mol. The number of ketones is 3. The first kappa shape index (κ1) is 47.0. The van der Waals surface area contributed by atoms with Gasteiger partial charge in [0.15, 0.2) is 23.6 Å². The van der Waals surface area contributed by atoms with Gasteiger partial charge >= 0.3 is 0 Å². The van der Waals surface area contributed by atoms with Crippen LogP contribution in [-0.4, -0.2) is 30.6 Å². The van der Waals surface area contributed by atoms with Crippen molar-refractivity contribution in [1.29, 1.82) is 0 Å². The molecule has 67 heavy (non-hydrogen) atoms. The predicted octanol–water partition coefficient (Wildman–Crippen LogP) is 13.8. The normalized spacial score (nSPS) is 24.5. The molecule has 1 aliphatic heterocycles. The average molecular weight is 887 g/mol. The summed E-state index contributed by atoms with van der Waals surface area (Å²) in [6.45, 7) is 11.6. The first-order valence-electron chi connectivity index (χ1n) is 23.7. The lowest BCUT2D eigenvalue weighted by Crippen LogP contribution is -2.27. The maximum absolute atomic E-state index is 13.1. The van der Waals surface area contributed by atoms with Gasteiger partial charge in [-0.05, 0) is 148 Å². The Balaban J connectivity index is 0.000000137. The Morgan fingerprint density at radius 2 is 0.806 bits per heavy atom. The molecule has 0 spiro atoms. The highest BCUT2D eigenvalue weighted by atomic mass is 16.7. The second-order valence-electron chi connectivity index (χ2n) is 19.2. The van der Waals surface area contributed by atoms with Gasteiger partial charge in [0, 0.05) is 5.56 Å². The minimum Gasteiger partial charge on any atom is -0.346 e. The molecule has 5 nitrogen and oxygen atoms in total. The molecule has 3 unspecified atom stereocenters. The number of benzene rings is 6. The summed E-state index contributed by atoms with van der Waals surface area (Å²) < 4.78 is 11.2. The molecule has 10 rings (SSSR count). The van der Waals surface area contributed by atoms with Crippen LogP contribution in [-0.2, 0) is 40.1 Å². The van der Waals surface area contributed by atoms with Crippen LogP contribution in [0.25, 0.3) is 18.2 Å². The first-order valence-corrected chi connectivity index (χ1v) is 23.7. The molecule has 3 saturated carbocycles. The number of hydrogen-bond acceptors (Lipinski definition) is 5. The number of Topliss-reactive ketones (excluding diaryl/α,β-unsaturated/α-hetero) is 3. The highest BCUT2D eigenvalue weighted by Crippen LogP contribution is 2.44. The van der Waals surface area contributed by atoms with E-state index in [1.54, 1.807) is 0 Å². The molecule has 4 fully saturated rings. The van der Waals surface area contributed by atoms with E-state index in [0.29, 0.717) is 13.2 Å². The van der Waals surface area contributed by atoms with Crippen LogP contribution < -0.4 is 0 Å². The number of hydrogen-bond donors (Lipinski definition) is 0. The Morgan fingerprint density at radius 3 is 1.22 bits per heavy atom. The second kappa shape index (κ2) is 20.5. The van der Waals surface area contributed by atoms with Gasteiger partial charge in [-0.2, -0.15) is 0 Å². The zero-order valence-corrected chi connectivity index (χ0v) is 39.6. The summed E-state index contributed by atoms with van der Waals surface area (Å²) in [6.07, 6.45) is 11.0. The van der Waals surface area contributed by atoms with Crippen LogP contribution in [0.15, 0.2) is 181 Å². The Morgan fingerprint density at radius 1 is 0.418 bits per heavy atom. The van der Waals surface area contributed by atoms with Crippen molar-refractivity contribution in [2.75, 3.05) is 13.2 Å². The van der Waals surface area contributed by atoms with Crippen molar-refractivity contribution in [1.82, 2.24) is 0 Å². The lowest BCUT2D eigenvalue weighted by atomic mass is 9.79. The molecular weight excluding hydrogens is 825 g/mol. The minimum atomic E-state index is -0.477. The number of carbonyl (C=O) groups excluding carboxylic acids is 3. The second-order valence-corrected chi connectivity index (χ2v) is 19.2. The van der Waals surface area contributed by atoms with Gasteiger partial charge < -0.3 is 9.47 Å². The molecule has 6 aromatic carbocycles. The maximum atomic E-state index is 13.1. The third-order valence-corrected chi connectivity index (χ3v) is 14.2. The Kier molecular flexibility index (Phi) is 14.4. The van der Waals surface area contributed by atoms with Crippen LogP contribution >= 0.6 is 0 Å². The number of allylic oxidation sites excluding steroid dienone is 3. The fourth-order valence-electron chi connectivity index (χ4n) is 9.88. The van der Waals surface area contributed by atoms with E-state index < -0.39 is 5.41 Å². The van der Waals surface area contributed by atoms with E-state index in [2.05, 4.69) is 83.1 Å². The third-order valence-electron chi connectivity index (χ3n) is 14.2. The van der Waals surface area contributed by atoms with E-state index in [0.717, 1.165) is 94.2 Å². The summed E-state index contributed by atoms with van der Waals surface area (Å²) in [6, 6.07) is 55.1. The van der Waals surface area contributed by atoms with Crippen LogP contribution in [0.5, 0.6) is 0 Å². The Labute approximate surface area is 397 Å². The van der Waals surface area contributed by atoms with Crippen molar-refractivity contribution in [3.8, 4) is 0 Å². The molecule has 0 aromatic heterocycles. The van der Waals surface area contributed by atoms with E-state index in [1.807, 2.05) is 133 Å². The van der Waals surface area contributed by atoms with Crippen molar-refractivity contribution >= 4 is 35.6 Å². The molecule has 6 aromatic rings. The summed E-state index contributed by atoms with van der Waals surface area (Å²) in [7, 11) is 0. The van der Waals surface area contributed by atoms with E-state index in [4.69, 9.17) is 9.47 Å². The quantitative estimate of drug-likeness (QED) is 0.149. The zero-order valence-electron chi connectivity index (χ0n) is 39.6. The minimum absolute atomic E-state index is 0.224. The Hall–Kier alpha value is -6.53. The van der Waals surface area contributed by atoms with Crippen molar-refractivity contribution in [2.45, 2.75) is 95.7 Å². The van der Waals surface area contributed by atoms with E-state index in [-0.39, 0.29) is 34.5 Å². The molecule has 1 heterocycles. The molecule has 3 aliphatic carbocycles. The summed E-state index contributed by atoms with van der Waals surface area (Å²) in [4.78, 5) is 38.9. The van der Waals surface area contributed by atoms with Crippen molar-refractivity contribution in [3.63, 3.8) is 0 Å². The molecule has 1 saturated heterocycles. The molecule has 4 aliphatic rings. The average Bonchev–Trinajstić information content (AvgIpc) is 4.14. The Bertz CT molecular complexity index is 2800. The SMILES string of the molecule is CC1(c2cccc(C3OCCO3)c2)CC/C(=C\c2ccccc2)C1=O.Cc1ccc(C2(C)CC/C(=C\c3ccccc3)C2=O)cc1.Cc1cccc(C2(C)CC/C(=C\c3ccccc3)C2=O)c1. The molecule has 5 heteroatoms. The third kappa shape index (κ3) is 10.5. The standard InChI is InChI=1S/C22H22O3.2C20H20O/c1-22(19-9-5-8-18(15-19)21-24-12-13-25-21)11-10-17(20(22)23)14-16-6-3-2-4-7-16;1-15-7-6-10-18(13-15)20(2)12-11-17(19(20)21)14-16-8-4-3-5-9-16;1-15-8-10-18(11-9-15)20(2)13-12-17(19(20)21)14-16-6-4-3-5-7-16/h2-9,14-15,21H,10-13H2,1H3;3-10,13-14H,11-12H2,1-2H3;3-11,14H,12-13H2,1-2H3/b3*17-14+. The molecule has 0 radical (unpaired) electrons. The zero-order chi connectivity index (χ0) is 47.0. The number of aryl methyl sites for hydroxylation is 2. The van der Waals surface area contributed by atoms with Crippen LogP contribution in [0.1, 0.15) is 116 Å². The van der Waals surface area contributed by atoms with E-state index >= 15 is 0 Å². The smallest absolute Gasteiger partial charge is 0.184 e. The molecule has 0 amide bonds. The van der Waals surface area contributed by atoms with Gasteiger partial charge in [-0.1, -0.05) is 169 Å². The number of rotatable bonds is 7. The van der Waals surface area contributed by atoms with Gasteiger partial charge in [0.1, 0.15) is 0 Å². The fraction of sp³-hybridized carbons (Fsp3) is 0.274. The number of carbonyl (C=O) groups is 3.